The highest BCUT2D eigenvalue weighted by Gasteiger charge is 2.04. The molecule has 0 saturated heterocycles. The number of likely N-dealkylation sites (N-methyl/N-ethyl adjacent to an activating group) is 1. The Morgan fingerprint density at radius 1 is 1.28 bits per heavy atom. The van der Waals surface area contributed by atoms with Gasteiger partial charge < -0.3 is 0 Å². The molecule has 0 bridgehead atoms. The summed E-state index contributed by atoms with van der Waals surface area (Å²) in [7, 11) is 1.87. The van der Waals surface area contributed by atoms with Gasteiger partial charge in [-0.3, -0.25) is 5.01 Å². The van der Waals surface area contributed by atoms with Crippen LogP contribution in [0, 0.1) is 0 Å². The lowest BCUT2D eigenvalue weighted by molar-refractivity contribution is 0.462. The van der Waals surface area contributed by atoms with Crippen molar-refractivity contribution < 1.29 is 0 Å². The van der Waals surface area contributed by atoms with E-state index < -0.39 is 0 Å². The molecule has 0 aliphatic carbocycles. The standard InChI is InChI=1S/C16H24N2/c1-7-11-13-15(12-8-2)16(10-4)17-18(6)14(5)9-3/h8-9,11-13H,2-3,5,7,10H2,1,4,6H3/b13-11-,15-12+,17-16+. The fraction of sp³-hybridized carbons (Fsp3) is 0.312. The maximum Gasteiger partial charge on any atom is 0.0678 e. The second-order valence-electron chi connectivity index (χ2n) is 3.79. The minimum atomic E-state index is 0.776. The van der Waals surface area contributed by atoms with Crippen LogP contribution in [0.15, 0.2) is 66.5 Å². The molecule has 0 spiro atoms. The van der Waals surface area contributed by atoms with E-state index >= 15 is 0 Å². The quantitative estimate of drug-likeness (QED) is 0.349. The smallest absolute Gasteiger partial charge is 0.0678 e. The molecule has 98 valence electrons. The lowest BCUT2D eigenvalue weighted by atomic mass is 10.1. The molecule has 0 amide bonds. The van der Waals surface area contributed by atoms with Crippen molar-refractivity contribution in [1.82, 2.24) is 5.01 Å². The number of nitrogens with zero attached hydrogens (tertiary/aromatic N) is 2. The monoisotopic (exact) mass is 244 g/mol. The molecule has 0 aliphatic heterocycles. The van der Waals surface area contributed by atoms with Crippen LogP contribution in [0.4, 0.5) is 0 Å². The third kappa shape index (κ3) is 5.48. The first-order valence-electron chi connectivity index (χ1n) is 6.22. The molecule has 0 N–H and O–H groups in total. The van der Waals surface area contributed by atoms with E-state index in [1.807, 2.05) is 13.1 Å². The van der Waals surface area contributed by atoms with Crippen molar-refractivity contribution in [3.63, 3.8) is 0 Å². The van der Waals surface area contributed by atoms with Crippen LogP contribution in [-0.2, 0) is 0 Å². The van der Waals surface area contributed by atoms with Crippen LogP contribution in [0.25, 0.3) is 0 Å². The summed E-state index contributed by atoms with van der Waals surface area (Å²) in [6.07, 6.45) is 11.5. The van der Waals surface area contributed by atoms with Gasteiger partial charge in [0.2, 0.25) is 0 Å². The van der Waals surface area contributed by atoms with Crippen LogP contribution in [0.1, 0.15) is 26.7 Å². The van der Waals surface area contributed by atoms with Gasteiger partial charge in [0, 0.05) is 7.05 Å². The zero-order chi connectivity index (χ0) is 14.0. The molecule has 0 aromatic carbocycles. The molecule has 0 fully saturated rings. The topological polar surface area (TPSA) is 15.6 Å². The predicted molar refractivity (Wildman–Crippen MR) is 82.5 cm³/mol. The number of hydrogen-bond acceptors (Lipinski definition) is 2. The van der Waals surface area contributed by atoms with Gasteiger partial charge in [-0.25, -0.2) is 0 Å². The third-order valence-corrected chi connectivity index (χ3v) is 2.42. The highest BCUT2D eigenvalue weighted by molar-refractivity contribution is 6.02. The average Bonchev–Trinajstić information content (AvgIpc) is 2.39. The van der Waals surface area contributed by atoms with Crippen molar-refractivity contribution >= 4 is 5.71 Å². The largest absolute Gasteiger partial charge is 0.269 e. The van der Waals surface area contributed by atoms with Gasteiger partial charge in [0.05, 0.1) is 11.4 Å². The van der Waals surface area contributed by atoms with Crippen LogP contribution in [0.2, 0.25) is 0 Å². The molecular weight excluding hydrogens is 220 g/mol. The normalized spacial score (nSPS) is 12.6. The van der Waals surface area contributed by atoms with Gasteiger partial charge in [-0.15, -0.1) is 0 Å². The van der Waals surface area contributed by atoms with Crippen molar-refractivity contribution in [3.8, 4) is 0 Å². The maximum atomic E-state index is 4.55. The number of hydrazone groups is 1. The molecule has 0 rings (SSSR count). The Morgan fingerprint density at radius 2 is 1.94 bits per heavy atom. The van der Waals surface area contributed by atoms with E-state index in [0.29, 0.717) is 0 Å². The SMILES string of the molecule is C=C/C=C(\C=C/CC)C(/CC)=N/N(C)C(=C)C=C. The predicted octanol–water partition coefficient (Wildman–Crippen LogP) is 4.46. The Hall–Kier alpha value is -1.83. The Bertz CT molecular complexity index is 384. The zero-order valence-corrected chi connectivity index (χ0v) is 11.8. The number of allylic oxidation sites excluding steroid dienone is 6. The fourth-order valence-corrected chi connectivity index (χ4v) is 1.33. The molecular formula is C16H24N2. The molecule has 0 aromatic rings. The first-order valence-corrected chi connectivity index (χ1v) is 6.22. The maximum absolute atomic E-state index is 4.55. The summed E-state index contributed by atoms with van der Waals surface area (Å²) in [5.41, 5.74) is 2.86. The highest BCUT2D eigenvalue weighted by atomic mass is 15.4. The molecule has 0 aromatic heterocycles. The van der Waals surface area contributed by atoms with Gasteiger partial charge in [-0.1, -0.05) is 57.9 Å². The van der Waals surface area contributed by atoms with Gasteiger partial charge in [-0.2, -0.15) is 5.10 Å². The van der Waals surface area contributed by atoms with Gasteiger partial charge in [0.25, 0.3) is 0 Å². The Kier molecular flexibility index (Phi) is 8.29. The molecule has 2 nitrogen and oxygen atoms in total. The first kappa shape index (κ1) is 16.2. The van der Waals surface area contributed by atoms with Gasteiger partial charge in [0.15, 0.2) is 0 Å². The summed E-state index contributed by atoms with van der Waals surface area (Å²) in [4.78, 5) is 0. The fourth-order valence-electron chi connectivity index (χ4n) is 1.33. The van der Waals surface area contributed by atoms with Gasteiger partial charge in [-0.05, 0) is 24.5 Å². The molecule has 0 saturated carbocycles. The van der Waals surface area contributed by atoms with Crippen molar-refractivity contribution in [2.45, 2.75) is 26.7 Å². The summed E-state index contributed by atoms with van der Waals surface area (Å²) < 4.78 is 0. The highest BCUT2D eigenvalue weighted by Crippen LogP contribution is 2.09. The summed E-state index contributed by atoms with van der Waals surface area (Å²) in [6.45, 7) is 15.5. The van der Waals surface area contributed by atoms with E-state index in [-0.39, 0.29) is 0 Å². The number of rotatable bonds is 8. The van der Waals surface area contributed by atoms with Crippen LogP contribution < -0.4 is 0 Å². The molecule has 0 unspecified atom stereocenters. The van der Waals surface area contributed by atoms with Gasteiger partial charge in [0.1, 0.15) is 0 Å². The molecule has 0 aliphatic rings. The number of hydrogen-bond donors (Lipinski definition) is 0. The second kappa shape index (κ2) is 9.23. The third-order valence-electron chi connectivity index (χ3n) is 2.42. The van der Waals surface area contributed by atoms with E-state index in [9.17, 15) is 0 Å². The average molecular weight is 244 g/mol. The van der Waals surface area contributed by atoms with Crippen LogP contribution in [-0.4, -0.2) is 17.8 Å². The van der Waals surface area contributed by atoms with E-state index in [1.165, 1.54) is 0 Å². The van der Waals surface area contributed by atoms with E-state index in [1.54, 1.807) is 17.2 Å². The Labute approximate surface area is 111 Å². The minimum absolute atomic E-state index is 0.776. The lowest BCUT2D eigenvalue weighted by Gasteiger charge is -2.15. The molecule has 2 heteroatoms. The van der Waals surface area contributed by atoms with E-state index in [0.717, 1.165) is 29.8 Å². The lowest BCUT2D eigenvalue weighted by Crippen LogP contribution is -2.13. The van der Waals surface area contributed by atoms with Crippen molar-refractivity contribution in [1.29, 1.82) is 0 Å². The van der Waals surface area contributed by atoms with Gasteiger partial charge >= 0.3 is 0 Å². The summed E-state index contributed by atoms with van der Waals surface area (Å²) in [5.74, 6) is 0. The molecule has 0 atom stereocenters. The van der Waals surface area contributed by atoms with Crippen molar-refractivity contribution in [2.24, 2.45) is 5.10 Å². The Balaban J connectivity index is 5.24. The van der Waals surface area contributed by atoms with E-state index in [4.69, 9.17) is 0 Å². The molecule has 0 heterocycles. The van der Waals surface area contributed by atoms with Crippen LogP contribution >= 0.6 is 0 Å². The molecule has 18 heavy (non-hydrogen) atoms. The van der Waals surface area contributed by atoms with Crippen molar-refractivity contribution in [3.05, 3.63) is 61.4 Å². The van der Waals surface area contributed by atoms with E-state index in [2.05, 4.69) is 50.8 Å². The Morgan fingerprint density at radius 3 is 2.39 bits per heavy atom. The minimum Gasteiger partial charge on any atom is -0.269 e. The van der Waals surface area contributed by atoms with Crippen molar-refractivity contribution in [2.75, 3.05) is 7.05 Å². The molecule has 0 radical (unpaired) electrons. The summed E-state index contributed by atoms with van der Waals surface area (Å²) >= 11 is 0. The van der Waals surface area contributed by atoms with Crippen LogP contribution in [0.3, 0.4) is 0 Å². The summed E-state index contributed by atoms with van der Waals surface area (Å²) in [6, 6.07) is 0. The van der Waals surface area contributed by atoms with Crippen LogP contribution in [0.5, 0.6) is 0 Å². The second-order valence-corrected chi connectivity index (χ2v) is 3.79. The zero-order valence-electron chi connectivity index (χ0n) is 11.8. The summed E-state index contributed by atoms with van der Waals surface area (Å²) in [5, 5.41) is 6.29. The first-order chi connectivity index (χ1) is 8.60.